The maximum Gasteiger partial charge on any atom is 0.424 e. The summed E-state index contributed by atoms with van der Waals surface area (Å²) in [5.41, 5.74) is -2.44. The molecule has 6 nitrogen and oxygen atoms in total. The number of nitrogens with one attached hydrogen (secondary N) is 1. The molecule has 0 aliphatic carbocycles. The molecule has 0 aliphatic heterocycles. The van der Waals surface area contributed by atoms with E-state index in [9.17, 15) is 23.1 Å². The lowest BCUT2D eigenvalue weighted by Gasteiger charge is -2.29. The molecule has 1 unspecified atom stereocenters. The van der Waals surface area contributed by atoms with Crippen molar-refractivity contribution in [2.75, 3.05) is 6.54 Å². The number of carbonyl (C=O) groups excluding carboxylic acids is 1. The first-order valence-electron chi connectivity index (χ1n) is 7.14. The lowest BCUT2D eigenvalue weighted by molar-refractivity contribution is -0.272. The summed E-state index contributed by atoms with van der Waals surface area (Å²) in [6, 6.07) is 4.77. The van der Waals surface area contributed by atoms with Crippen LogP contribution in [0, 0.1) is 6.92 Å². The molecule has 2 heterocycles. The second-order valence-corrected chi connectivity index (χ2v) is 5.39. The Balaban J connectivity index is 2.10. The number of rotatable bonds is 5. The number of hydrogen-bond donors (Lipinski definition) is 2. The summed E-state index contributed by atoms with van der Waals surface area (Å²) in [5, 5.41) is 12.5. The van der Waals surface area contributed by atoms with E-state index >= 15 is 0 Å². The van der Waals surface area contributed by atoms with Gasteiger partial charge in [-0.2, -0.15) is 13.2 Å². The molecular weight excluding hydrogens is 325 g/mol. The van der Waals surface area contributed by atoms with Crippen molar-refractivity contribution in [2.45, 2.75) is 25.1 Å². The Morgan fingerprint density at radius 2 is 2.08 bits per heavy atom. The zero-order valence-electron chi connectivity index (χ0n) is 13.1. The molecule has 24 heavy (non-hydrogen) atoms. The van der Waals surface area contributed by atoms with Crippen LogP contribution in [0.4, 0.5) is 13.2 Å². The molecule has 0 saturated heterocycles. The largest absolute Gasteiger partial charge is 0.424 e. The van der Waals surface area contributed by atoms with Crippen LogP contribution < -0.4 is 5.32 Å². The van der Waals surface area contributed by atoms with Crippen molar-refractivity contribution in [2.24, 2.45) is 7.05 Å². The monoisotopic (exact) mass is 342 g/mol. The molecule has 0 spiro atoms. The maximum absolute atomic E-state index is 13.3. The zero-order valence-corrected chi connectivity index (χ0v) is 13.1. The summed E-state index contributed by atoms with van der Waals surface area (Å²) < 4.78 is 41.1. The van der Waals surface area contributed by atoms with Gasteiger partial charge in [-0.25, -0.2) is 9.97 Å². The van der Waals surface area contributed by atoms with Gasteiger partial charge in [0.05, 0.1) is 0 Å². The second-order valence-electron chi connectivity index (χ2n) is 5.39. The van der Waals surface area contributed by atoms with Crippen LogP contribution >= 0.6 is 0 Å². The molecule has 2 rings (SSSR count). The van der Waals surface area contributed by atoms with E-state index in [0.29, 0.717) is 5.69 Å². The Hall–Kier alpha value is -2.42. The number of amides is 1. The number of hydrogen-bond acceptors (Lipinski definition) is 4. The van der Waals surface area contributed by atoms with Gasteiger partial charge in [0.15, 0.2) is 0 Å². The fourth-order valence-corrected chi connectivity index (χ4v) is 2.26. The molecule has 0 fully saturated rings. The molecule has 130 valence electrons. The van der Waals surface area contributed by atoms with Crippen molar-refractivity contribution in [3.63, 3.8) is 0 Å². The van der Waals surface area contributed by atoms with Crippen molar-refractivity contribution in [3.8, 4) is 0 Å². The van der Waals surface area contributed by atoms with Crippen LogP contribution in [0.25, 0.3) is 0 Å². The Kier molecular flexibility index (Phi) is 4.93. The quantitative estimate of drug-likeness (QED) is 0.867. The average Bonchev–Trinajstić information content (AvgIpc) is 2.92. The van der Waals surface area contributed by atoms with E-state index in [1.54, 1.807) is 19.1 Å². The third-order valence-corrected chi connectivity index (χ3v) is 3.55. The van der Waals surface area contributed by atoms with Crippen LogP contribution in [0.1, 0.15) is 28.4 Å². The number of aliphatic hydroxyl groups is 1. The summed E-state index contributed by atoms with van der Waals surface area (Å²) in [6.45, 7) is 1.30. The van der Waals surface area contributed by atoms with Crippen LogP contribution in [0.15, 0.2) is 30.6 Å². The fourth-order valence-electron chi connectivity index (χ4n) is 2.26. The third kappa shape index (κ3) is 3.56. The summed E-state index contributed by atoms with van der Waals surface area (Å²) >= 11 is 0. The predicted octanol–water partition coefficient (Wildman–Crippen LogP) is 1.69. The second kappa shape index (κ2) is 6.60. The van der Waals surface area contributed by atoms with E-state index in [-0.39, 0.29) is 5.69 Å². The summed E-state index contributed by atoms with van der Waals surface area (Å²) in [7, 11) is 1.36. The van der Waals surface area contributed by atoms with Crippen molar-refractivity contribution in [3.05, 3.63) is 47.8 Å². The molecule has 2 aromatic heterocycles. The highest BCUT2D eigenvalue weighted by atomic mass is 19.4. The van der Waals surface area contributed by atoms with Crippen molar-refractivity contribution in [1.29, 1.82) is 0 Å². The lowest BCUT2D eigenvalue weighted by Crippen LogP contribution is -2.46. The number of alkyl halides is 3. The highest BCUT2D eigenvalue weighted by Crippen LogP contribution is 2.40. The molecule has 0 aliphatic rings. The highest BCUT2D eigenvalue weighted by Gasteiger charge is 2.57. The summed E-state index contributed by atoms with van der Waals surface area (Å²) in [5.74, 6) is -1.14. The molecule has 2 aromatic rings. The molecule has 0 saturated carbocycles. The standard InChI is InChI=1S/C15H17F3N4O2/c1-10-4-3-5-11(21-10)12(23)19-7-6-14(24,15(16,17)18)13-20-8-9-22(13)2/h3-5,8-9,24H,6-7H2,1-2H3,(H,19,23). The molecule has 1 atom stereocenters. The Labute approximate surface area is 136 Å². The van der Waals surface area contributed by atoms with E-state index in [4.69, 9.17) is 0 Å². The number of halogens is 3. The van der Waals surface area contributed by atoms with Gasteiger partial charge in [0.25, 0.3) is 5.91 Å². The summed E-state index contributed by atoms with van der Waals surface area (Å²) in [4.78, 5) is 19.5. The molecule has 0 aromatic carbocycles. The topological polar surface area (TPSA) is 80.0 Å². The maximum atomic E-state index is 13.3. The SMILES string of the molecule is Cc1cccc(C(=O)NCCC(O)(c2nccn2C)C(F)(F)F)n1. The predicted molar refractivity (Wildman–Crippen MR) is 79.1 cm³/mol. The van der Waals surface area contributed by atoms with Crippen LogP contribution in [0.3, 0.4) is 0 Å². The minimum absolute atomic E-state index is 0.0996. The van der Waals surface area contributed by atoms with Crippen molar-refractivity contribution in [1.82, 2.24) is 19.9 Å². The van der Waals surface area contributed by atoms with E-state index in [1.807, 2.05) is 0 Å². The number of carbonyl (C=O) groups is 1. The minimum atomic E-state index is -4.93. The van der Waals surface area contributed by atoms with E-state index in [1.165, 1.54) is 25.5 Å². The van der Waals surface area contributed by atoms with Gasteiger partial charge >= 0.3 is 6.18 Å². The van der Waals surface area contributed by atoms with E-state index in [0.717, 1.165) is 4.57 Å². The van der Waals surface area contributed by atoms with Crippen molar-refractivity contribution < 1.29 is 23.1 Å². The van der Waals surface area contributed by atoms with Crippen LogP contribution in [-0.4, -0.2) is 38.3 Å². The average molecular weight is 342 g/mol. The van der Waals surface area contributed by atoms with Crippen LogP contribution in [0.5, 0.6) is 0 Å². The molecule has 2 N–H and O–H groups in total. The summed E-state index contributed by atoms with van der Waals surface area (Å²) in [6.07, 6.45) is -3.22. The first-order chi connectivity index (χ1) is 11.1. The Morgan fingerprint density at radius 1 is 1.38 bits per heavy atom. The highest BCUT2D eigenvalue weighted by molar-refractivity contribution is 5.92. The zero-order chi connectivity index (χ0) is 18.0. The minimum Gasteiger partial charge on any atom is -0.374 e. The van der Waals surface area contributed by atoms with Gasteiger partial charge in [0, 0.05) is 38.1 Å². The third-order valence-electron chi connectivity index (χ3n) is 3.55. The van der Waals surface area contributed by atoms with Gasteiger partial charge in [-0.1, -0.05) is 6.07 Å². The van der Waals surface area contributed by atoms with Gasteiger partial charge in [-0.05, 0) is 19.1 Å². The lowest BCUT2D eigenvalue weighted by atomic mass is 9.97. The molecule has 9 heteroatoms. The van der Waals surface area contributed by atoms with Crippen LogP contribution in [0.2, 0.25) is 0 Å². The molecule has 0 radical (unpaired) electrons. The van der Waals surface area contributed by atoms with Gasteiger partial charge < -0.3 is 15.0 Å². The van der Waals surface area contributed by atoms with E-state index in [2.05, 4.69) is 15.3 Å². The van der Waals surface area contributed by atoms with Crippen molar-refractivity contribution >= 4 is 5.91 Å². The Morgan fingerprint density at radius 3 is 2.62 bits per heavy atom. The van der Waals surface area contributed by atoms with Crippen LogP contribution in [-0.2, 0) is 12.6 Å². The normalized spacial score (nSPS) is 14.2. The number of aryl methyl sites for hydroxylation is 2. The number of imidazole rings is 1. The number of aromatic nitrogens is 3. The number of nitrogens with zero attached hydrogens (tertiary/aromatic N) is 3. The van der Waals surface area contributed by atoms with E-state index < -0.39 is 36.5 Å². The Bertz CT molecular complexity index is 730. The first kappa shape index (κ1) is 17.9. The smallest absolute Gasteiger partial charge is 0.374 e. The molecule has 0 bridgehead atoms. The van der Waals surface area contributed by atoms with Gasteiger partial charge in [0.1, 0.15) is 11.5 Å². The van der Waals surface area contributed by atoms with Gasteiger partial charge in [-0.15, -0.1) is 0 Å². The fraction of sp³-hybridized carbons (Fsp3) is 0.400. The molecule has 1 amide bonds. The number of pyridine rings is 1. The van der Waals surface area contributed by atoms with Gasteiger partial charge in [-0.3, -0.25) is 4.79 Å². The first-order valence-corrected chi connectivity index (χ1v) is 7.14. The molecular formula is C15H17F3N4O2. The van der Waals surface area contributed by atoms with Gasteiger partial charge in [0.2, 0.25) is 5.60 Å².